The molecule has 112 valence electrons. The molecular weight excluding hydrogens is 262 g/mol. The number of H-pyrrole nitrogens is 1. The Morgan fingerprint density at radius 3 is 2.95 bits per heavy atom. The largest absolute Gasteiger partial charge is 0.374 e. The van der Waals surface area contributed by atoms with Gasteiger partial charge in [-0.25, -0.2) is 0 Å². The van der Waals surface area contributed by atoms with Gasteiger partial charge < -0.3 is 14.8 Å². The number of hydrogen-bond acceptors (Lipinski definition) is 3. The van der Waals surface area contributed by atoms with Gasteiger partial charge in [-0.1, -0.05) is 19.1 Å². The molecule has 4 nitrogen and oxygen atoms in total. The van der Waals surface area contributed by atoms with Crippen molar-refractivity contribution < 1.29 is 0 Å². The van der Waals surface area contributed by atoms with Gasteiger partial charge in [-0.15, -0.1) is 0 Å². The molecule has 0 spiro atoms. The van der Waals surface area contributed by atoms with E-state index in [4.69, 9.17) is 0 Å². The minimum atomic E-state index is 0.0741. The number of pyridine rings is 1. The summed E-state index contributed by atoms with van der Waals surface area (Å²) in [4.78, 5) is 19.9. The van der Waals surface area contributed by atoms with Crippen molar-refractivity contribution in [3.05, 3.63) is 39.7 Å². The van der Waals surface area contributed by atoms with Gasteiger partial charge >= 0.3 is 0 Å². The van der Waals surface area contributed by atoms with E-state index in [-0.39, 0.29) is 5.56 Å². The maximum atomic E-state index is 12.3. The van der Waals surface area contributed by atoms with Crippen molar-refractivity contribution in [2.45, 2.75) is 26.3 Å². The molecule has 1 aromatic carbocycles. The first-order chi connectivity index (χ1) is 10.1. The smallest absolute Gasteiger partial charge is 0.253 e. The van der Waals surface area contributed by atoms with Crippen LogP contribution >= 0.6 is 0 Å². The first kappa shape index (κ1) is 14.1. The van der Waals surface area contributed by atoms with Crippen molar-refractivity contribution in [2.75, 3.05) is 32.1 Å². The normalized spacial score (nSPS) is 14.8. The molecule has 0 fully saturated rings. The Balaban J connectivity index is 2.13. The molecule has 1 aliphatic heterocycles. The zero-order chi connectivity index (χ0) is 15.0. The second-order valence-electron chi connectivity index (χ2n) is 6.02. The highest BCUT2D eigenvalue weighted by Crippen LogP contribution is 2.31. The number of benzene rings is 1. The number of hydrogen-bond donors (Lipinski definition) is 1. The molecule has 0 saturated heterocycles. The van der Waals surface area contributed by atoms with E-state index in [9.17, 15) is 4.79 Å². The first-order valence-electron chi connectivity index (χ1n) is 7.67. The van der Waals surface area contributed by atoms with Crippen LogP contribution in [0.3, 0.4) is 0 Å². The third-order valence-electron chi connectivity index (χ3n) is 4.44. The maximum absolute atomic E-state index is 12.3. The van der Waals surface area contributed by atoms with Crippen LogP contribution in [0.5, 0.6) is 0 Å². The average Bonchev–Trinajstić information content (AvgIpc) is 2.47. The third-order valence-corrected chi connectivity index (χ3v) is 4.44. The van der Waals surface area contributed by atoms with Crippen molar-refractivity contribution in [2.24, 2.45) is 0 Å². The molecule has 0 atom stereocenters. The predicted molar refractivity (Wildman–Crippen MR) is 88.2 cm³/mol. The lowest BCUT2D eigenvalue weighted by molar-refractivity contribution is 0.346. The van der Waals surface area contributed by atoms with Gasteiger partial charge in [-0.2, -0.15) is 0 Å². The second-order valence-corrected chi connectivity index (χ2v) is 6.02. The van der Waals surface area contributed by atoms with Crippen LogP contribution in [0.4, 0.5) is 5.69 Å². The molecule has 0 radical (unpaired) electrons. The lowest BCUT2D eigenvalue weighted by Gasteiger charge is -2.28. The molecular formula is C17H23N3O. The second kappa shape index (κ2) is 5.53. The van der Waals surface area contributed by atoms with Crippen LogP contribution in [0.2, 0.25) is 0 Å². The Labute approximate surface area is 125 Å². The highest BCUT2D eigenvalue weighted by Gasteiger charge is 2.20. The molecule has 0 aliphatic carbocycles. The van der Waals surface area contributed by atoms with Crippen molar-refractivity contribution in [3.8, 4) is 0 Å². The molecule has 0 amide bonds. The van der Waals surface area contributed by atoms with Gasteiger partial charge in [0.1, 0.15) is 0 Å². The van der Waals surface area contributed by atoms with Crippen LogP contribution in [0, 0.1) is 0 Å². The van der Waals surface area contributed by atoms with E-state index in [1.54, 1.807) is 0 Å². The summed E-state index contributed by atoms with van der Waals surface area (Å²) in [6.45, 7) is 5.09. The van der Waals surface area contributed by atoms with Gasteiger partial charge in [-0.3, -0.25) is 4.79 Å². The summed E-state index contributed by atoms with van der Waals surface area (Å²) in [7, 11) is 4.18. The van der Waals surface area contributed by atoms with E-state index < -0.39 is 0 Å². The van der Waals surface area contributed by atoms with Gasteiger partial charge in [-0.05, 0) is 38.1 Å². The van der Waals surface area contributed by atoms with Crippen LogP contribution < -0.4 is 10.5 Å². The van der Waals surface area contributed by atoms with Crippen LogP contribution in [-0.4, -0.2) is 37.1 Å². The fourth-order valence-corrected chi connectivity index (χ4v) is 3.16. The third kappa shape index (κ3) is 2.56. The Hall–Kier alpha value is -1.81. The van der Waals surface area contributed by atoms with E-state index in [0.717, 1.165) is 54.6 Å². The molecule has 0 saturated carbocycles. The fraction of sp³-hybridized carbons (Fsp3) is 0.471. The number of nitrogens with one attached hydrogen (secondary N) is 1. The van der Waals surface area contributed by atoms with Gasteiger partial charge in [0.05, 0.1) is 11.2 Å². The molecule has 0 unspecified atom stereocenters. The van der Waals surface area contributed by atoms with E-state index in [1.807, 2.05) is 0 Å². The standard InChI is InChI=1S/C17H23N3O/c1-4-19(2)11-12-7-8-13-15(10-12)18-17(21)14-6-5-9-20(3)16(13)14/h7-8,10H,4-6,9,11H2,1-3H3,(H,18,21). The zero-order valence-electron chi connectivity index (χ0n) is 13.1. The van der Waals surface area contributed by atoms with Crippen LogP contribution in [0.25, 0.3) is 10.9 Å². The van der Waals surface area contributed by atoms with Gasteiger partial charge in [0.2, 0.25) is 0 Å². The maximum Gasteiger partial charge on any atom is 0.253 e. The summed E-state index contributed by atoms with van der Waals surface area (Å²) in [6, 6.07) is 6.45. The van der Waals surface area contributed by atoms with Crippen molar-refractivity contribution in [1.29, 1.82) is 0 Å². The molecule has 21 heavy (non-hydrogen) atoms. The van der Waals surface area contributed by atoms with E-state index in [1.165, 1.54) is 5.56 Å². The van der Waals surface area contributed by atoms with Crippen LogP contribution in [-0.2, 0) is 13.0 Å². The van der Waals surface area contributed by atoms with Crippen LogP contribution in [0.15, 0.2) is 23.0 Å². The summed E-state index contributed by atoms with van der Waals surface area (Å²) in [5, 5.41) is 1.16. The number of nitrogens with zero attached hydrogens (tertiary/aromatic N) is 2. The monoisotopic (exact) mass is 285 g/mol. The lowest BCUT2D eigenvalue weighted by atomic mass is 9.99. The van der Waals surface area contributed by atoms with Gasteiger partial charge in [0.15, 0.2) is 0 Å². The quantitative estimate of drug-likeness (QED) is 0.941. The first-order valence-corrected chi connectivity index (χ1v) is 7.67. The molecule has 4 heteroatoms. The average molecular weight is 285 g/mol. The zero-order valence-corrected chi connectivity index (χ0v) is 13.1. The summed E-state index contributed by atoms with van der Waals surface area (Å²) < 4.78 is 0. The van der Waals surface area contributed by atoms with Crippen molar-refractivity contribution in [1.82, 2.24) is 9.88 Å². The minimum Gasteiger partial charge on any atom is -0.374 e. The lowest BCUT2D eigenvalue weighted by Crippen LogP contribution is -2.30. The number of fused-ring (bicyclic) bond motifs is 3. The number of anilines is 1. The van der Waals surface area contributed by atoms with Crippen molar-refractivity contribution >= 4 is 16.6 Å². The SMILES string of the molecule is CCN(C)Cc1ccc2c3c(c(=O)[nH]c2c1)CCCN3C. The van der Waals surface area contributed by atoms with Crippen molar-refractivity contribution in [3.63, 3.8) is 0 Å². The molecule has 1 aromatic heterocycles. The summed E-state index contributed by atoms with van der Waals surface area (Å²) in [6.07, 6.45) is 1.93. The molecule has 2 aromatic rings. The molecule has 2 heterocycles. The topological polar surface area (TPSA) is 39.3 Å². The minimum absolute atomic E-state index is 0.0741. The van der Waals surface area contributed by atoms with E-state index in [0.29, 0.717) is 0 Å². The van der Waals surface area contributed by atoms with E-state index >= 15 is 0 Å². The summed E-state index contributed by atoms with van der Waals surface area (Å²) >= 11 is 0. The van der Waals surface area contributed by atoms with E-state index in [2.05, 4.69) is 54.0 Å². The highest BCUT2D eigenvalue weighted by atomic mass is 16.1. The Morgan fingerprint density at radius 1 is 1.38 bits per heavy atom. The van der Waals surface area contributed by atoms with Gasteiger partial charge in [0, 0.05) is 31.1 Å². The molecule has 3 rings (SSSR count). The van der Waals surface area contributed by atoms with Gasteiger partial charge in [0.25, 0.3) is 5.56 Å². The fourth-order valence-electron chi connectivity index (χ4n) is 3.16. The Morgan fingerprint density at radius 2 is 2.19 bits per heavy atom. The highest BCUT2D eigenvalue weighted by molar-refractivity contribution is 5.93. The van der Waals surface area contributed by atoms with Crippen LogP contribution in [0.1, 0.15) is 24.5 Å². The predicted octanol–water partition coefficient (Wildman–Crippen LogP) is 2.36. The summed E-state index contributed by atoms with van der Waals surface area (Å²) in [5.74, 6) is 0. The number of aromatic amines is 1. The molecule has 0 bridgehead atoms. The Kier molecular flexibility index (Phi) is 3.72. The molecule has 1 N–H and O–H groups in total. The number of rotatable bonds is 3. The Bertz CT molecular complexity index is 720. The number of aromatic nitrogens is 1. The summed E-state index contributed by atoms with van der Waals surface area (Å²) in [5.41, 5.74) is 4.32. The molecule has 1 aliphatic rings.